The summed E-state index contributed by atoms with van der Waals surface area (Å²) >= 11 is 0. The van der Waals surface area contributed by atoms with E-state index in [1.807, 2.05) is 6.92 Å². The number of sulfonamides is 1. The summed E-state index contributed by atoms with van der Waals surface area (Å²) in [5.41, 5.74) is 0. The first-order chi connectivity index (χ1) is 10.4. The number of hydrogen-bond acceptors (Lipinski definition) is 4. The van der Waals surface area contributed by atoms with Crippen LogP contribution in [0, 0.1) is 5.82 Å². The first-order valence-corrected chi connectivity index (χ1v) is 8.63. The lowest BCUT2D eigenvalue weighted by molar-refractivity contribution is -0.132. The fraction of sp³-hybridized carbons (Fsp3) is 0.500. The average Bonchev–Trinajstić information content (AvgIpc) is 2.47. The molecule has 1 unspecified atom stereocenters. The summed E-state index contributed by atoms with van der Waals surface area (Å²) in [5.74, 6) is -0.572. The Hall–Kier alpha value is -1.51. The number of hydrogen-bond donors (Lipinski definition) is 2. The molecule has 1 amide bonds. The van der Waals surface area contributed by atoms with Crippen molar-refractivity contribution in [1.29, 1.82) is 0 Å². The van der Waals surface area contributed by atoms with E-state index in [9.17, 15) is 17.6 Å². The fourth-order valence-electron chi connectivity index (χ4n) is 2.31. The van der Waals surface area contributed by atoms with Gasteiger partial charge in [0.15, 0.2) is 0 Å². The van der Waals surface area contributed by atoms with Gasteiger partial charge in [0, 0.05) is 38.6 Å². The molecule has 1 heterocycles. The minimum absolute atomic E-state index is 0.0165. The molecule has 2 rings (SSSR count). The highest BCUT2D eigenvalue weighted by Gasteiger charge is 2.21. The second kappa shape index (κ2) is 7.17. The second-order valence-electron chi connectivity index (χ2n) is 5.30. The third-order valence-electron chi connectivity index (χ3n) is 3.48. The Balaban J connectivity index is 1.84. The maximum atomic E-state index is 12.8. The van der Waals surface area contributed by atoms with Gasteiger partial charge in [0.05, 0.1) is 4.90 Å². The summed E-state index contributed by atoms with van der Waals surface area (Å²) in [6, 6.07) is 4.80. The molecule has 22 heavy (non-hydrogen) atoms. The zero-order chi connectivity index (χ0) is 16.2. The van der Waals surface area contributed by atoms with Gasteiger partial charge in [0.1, 0.15) is 5.82 Å². The number of halogens is 1. The van der Waals surface area contributed by atoms with Gasteiger partial charge in [0.25, 0.3) is 0 Å². The molecule has 0 radical (unpaired) electrons. The molecule has 0 bridgehead atoms. The number of piperazine rings is 1. The zero-order valence-electron chi connectivity index (χ0n) is 12.4. The number of amides is 1. The Morgan fingerprint density at radius 2 is 2.09 bits per heavy atom. The molecule has 1 saturated heterocycles. The van der Waals surface area contributed by atoms with Crippen molar-refractivity contribution in [3.8, 4) is 0 Å². The minimum atomic E-state index is -3.71. The van der Waals surface area contributed by atoms with Crippen LogP contribution in [0.3, 0.4) is 0 Å². The van der Waals surface area contributed by atoms with Crippen LogP contribution in [0.1, 0.15) is 13.3 Å². The molecule has 1 aliphatic rings. The van der Waals surface area contributed by atoms with Crippen LogP contribution >= 0.6 is 0 Å². The average molecular weight is 329 g/mol. The molecular weight excluding hydrogens is 309 g/mol. The standard InChI is InChI=1S/C14H20FN3O3S/c1-11-10-18(9-8-16-11)14(19)6-7-17-22(20,21)13-4-2-12(15)3-5-13/h2-5,11,16-17H,6-10H2,1H3. The summed E-state index contributed by atoms with van der Waals surface area (Å²) in [6.07, 6.45) is 0.104. The van der Waals surface area contributed by atoms with E-state index in [2.05, 4.69) is 10.0 Å². The van der Waals surface area contributed by atoms with Gasteiger partial charge < -0.3 is 10.2 Å². The van der Waals surface area contributed by atoms with Crippen LogP contribution < -0.4 is 10.0 Å². The predicted octanol–water partition coefficient (Wildman–Crippen LogP) is 0.314. The van der Waals surface area contributed by atoms with Crippen LogP contribution in [0.25, 0.3) is 0 Å². The van der Waals surface area contributed by atoms with E-state index in [1.165, 1.54) is 12.1 Å². The molecule has 122 valence electrons. The van der Waals surface area contributed by atoms with Gasteiger partial charge >= 0.3 is 0 Å². The summed E-state index contributed by atoms with van der Waals surface area (Å²) < 4.78 is 39.1. The Kier molecular flexibility index (Phi) is 5.49. The highest BCUT2D eigenvalue weighted by Crippen LogP contribution is 2.09. The van der Waals surface area contributed by atoms with Crippen molar-refractivity contribution in [2.45, 2.75) is 24.3 Å². The van der Waals surface area contributed by atoms with Crippen LogP contribution in [0.4, 0.5) is 4.39 Å². The Morgan fingerprint density at radius 1 is 1.41 bits per heavy atom. The van der Waals surface area contributed by atoms with E-state index in [0.29, 0.717) is 13.1 Å². The van der Waals surface area contributed by atoms with E-state index >= 15 is 0 Å². The summed E-state index contributed by atoms with van der Waals surface area (Å²) in [4.78, 5) is 13.7. The van der Waals surface area contributed by atoms with E-state index in [0.717, 1.165) is 18.7 Å². The van der Waals surface area contributed by atoms with E-state index in [1.54, 1.807) is 4.90 Å². The molecule has 1 atom stereocenters. The molecule has 2 N–H and O–H groups in total. The maximum absolute atomic E-state index is 12.8. The lowest BCUT2D eigenvalue weighted by Gasteiger charge is -2.32. The van der Waals surface area contributed by atoms with Crippen LogP contribution in [-0.4, -0.2) is 51.4 Å². The SMILES string of the molecule is CC1CN(C(=O)CCNS(=O)(=O)c2ccc(F)cc2)CCN1. The number of nitrogens with zero attached hydrogens (tertiary/aromatic N) is 1. The van der Waals surface area contributed by atoms with Gasteiger partial charge in [-0.2, -0.15) is 0 Å². The number of carbonyl (C=O) groups is 1. The molecule has 0 aliphatic carbocycles. The number of carbonyl (C=O) groups excluding carboxylic acids is 1. The summed E-state index contributed by atoms with van der Waals surface area (Å²) in [7, 11) is -3.71. The van der Waals surface area contributed by atoms with Gasteiger partial charge in [-0.15, -0.1) is 0 Å². The van der Waals surface area contributed by atoms with Crippen LogP contribution in [-0.2, 0) is 14.8 Å². The largest absolute Gasteiger partial charge is 0.340 e. The quantitative estimate of drug-likeness (QED) is 0.815. The highest BCUT2D eigenvalue weighted by molar-refractivity contribution is 7.89. The van der Waals surface area contributed by atoms with Crippen molar-refractivity contribution in [2.75, 3.05) is 26.2 Å². The molecule has 0 aromatic heterocycles. The number of benzene rings is 1. The molecule has 1 aliphatic heterocycles. The van der Waals surface area contributed by atoms with Gasteiger partial charge in [-0.3, -0.25) is 4.79 Å². The Morgan fingerprint density at radius 3 is 2.73 bits per heavy atom. The molecule has 1 aromatic carbocycles. The first-order valence-electron chi connectivity index (χ1n) is 7.15. The molecule has 6 nitrogen and oxygen atoms in total. The molecule has 1 aromatic rings. The lowest BCUT2D eigenvalue weighted by Crippen LogP contribution is -2.51. The maximum Gasteiger partial charge on any atom is 0.240 e. The molecule has 8 heteroatoms. The molecular formula is C14H20FN3O3S. The summed E-state index contributed by atoms with van der Waals surface area (Å²) in [6.45, 7) is 4.03. The van der Waals surface area contributed by atoms with E-state index in [4.69, 9.17) is 0 Å². The highest BCUT2D eigenvalue weighted by atomic mass is 32.2. The molecule has 0 saturated carbocycles. The van der Waals surface area contributed by atoms with Crippen molar-refractivity contribution >= 4 is 15.9 Å². The Labute approximate surface area is 129 Å². The van der Waals surface area contributed by atoms with E-state index in [-0.39, 0.29) is 29.8 Å². The second-order valence-corrected chi connectivity index (χ2v) is 7.06. The van der Waals surface area contributed by atoms with Crippen molar-refractivity contribution < 1.29 is 17.6 Å². The third-order valence-corrected chi connectivity index (χ3v) is 4.95. The number of nitrogens with one attached hydrogen (secondary N) is 2. The van der Waals surface area contributed by atoms with Crippen LogP contribution in [0.15, 0.2) is 29.2 Å². The number of rotatable bonds is 5. The fourth-order valence-corrected chi connectivity index (χ4v) is 3.34. The van der Waals surface area contributed by atoms with E-state index < -0.39 is 15.8 Å². The summed E-state index contributed by atoms with van der Waals surface area (Å²) in [5, 5.41) is 3.24. The van der Waals surface area contributed by atoms with Crippen molar-refractivity contribution in [2.24, 2.45) is 0 Å². The van der Waals surface area contributed by atoms with Crippen LogP contribution in [0.5, 0.6) is 0 Å². The van der Waals surface area contributed by atoms with Crippen LogP contribution in [0.2, 0.25) is 0 Å². The van der Waals surface area contributed by atoms with Gasteiger partial charge in [-0.05, 0) is 31.2 Å². The van der Waals surface area contributed by atoms with Gasteiger partial charge in [-0.1, -0.05) is 0 Å². The van der Waals surface area contributed by atoms with Crippen molar-refractivity contribution in [1.82, 2.24) is 14.9 Å². The zero-order valence-corrected chi connectivity index (χ0v) is 13.2. The predicted molar refractivity (Wildman–Crippen MR) is 80.3 cm³/mol. The van der Waals surface area contributed by atoms with Crippen molar-refractivity contribution in [3.05, 3.63) is 30.1 Å². The Bertz CT molecular complexity index is 619. The topological polar surface area (TPSA) is 78.5 Å². The lowest BCUT2D eigenvalue weighted by atomic mass is 10.2. The normalized spacial score (nSPS) is 19.2. The monoisotopic (exact) mass is 329 g/mol. The molecule has 1 fully saturated rings. The minimum Gasteiger partial charge on any atom is -0.340 e. The smallest absolute Gasteiger partial charge is 0.240 e. The first kappa shape index (κ1) is 16.9. The van der Waals surface area contributed by atoms with Gasteiger partial charge in [-0.25, -0.2) is 17.5 Å². The van der Waals surface area contributed by atoms with Crippen molar-refractivity contribution in [3.63, 3.8) is 0 Å². The van der Waals surface area contributed by atoms with Gasteiger partial charge in [0.2, 0.25) is 15.9 Å². The molecule has 0 spiro atoms. The third kappa shape index (κ3) is 4.49.